The lowest BCUT2D eigenvalue weighted by Crippen LogP contribution is -2.27. The van der Waals surface area contributed by atoms with Crippen molar-refractivity contribution in [3.05, 3.63) is 22.2 Å². The number of anilines is 2. The number of rotatable bonds is 4. The minimum atomic E-state index is -1.09. The van der Waals surface area contributed by atoms with Crippen molar-refractivity contribution in [3.63, 3.8) is 0 Å². The molecule has 104 valence electrons. The van der Waals surface area contributed by atoms with E-state index in [2.05, 4.69) is 32.2 Å². The highest BCUT2D eigenvalue weighted by Crippen LogP contribution is 2.42. The fraction of sp³-hybridized carbons (Fsp3) is 0.429. The molecule has 1 aliphatic carbocycles. The second kappa shape index (κ2) is 5.08. The van der Waals surface area contributed by atoms with E-state index in [0.717, 1.165) is 23.0 Å². The zero-order valence-electron chi connectivity index (χ0n) is 10.8. The predicted octanol–water partition coefficient (Wildman–Crippen LogP) is 2.32. The summed E-state index contributed by atoms with van der Waals surface area (Å²) in [6, 6.07) is 6.31. The molecule has 1 unspecified atom stereocenters. The van der Waals surface area contributed by atoms with Gasteiger partial charge in [0.15, 0.2) is 6.10 Å². The standard InChI is InChI=1S/C14H14BrN3O2/c15-10-6-9-11(17-14(20)13(9)19)7-12(10)18(5-1-4-16)8-2-3-8/h6-8,13,19H,1-3,5H2,(H,17,20). The van der Waals surface area contributed by atoms with Crippen molar-refractivity contribution in [1.82, 2.24) is 0 Å². The molecule has 0 bridgehead atoms. The van der Waals surface area contributed by atoms with Gasteiger partial charge in [0, 0.05) is 28.3 Å². The summed E-state index contributed by atoms with van der Waals surface area (Å²) in [5, 5.41) is 21.2. The molecule has 2 aliphatic rings. The topological polar surface area (TPSA) is 76.4 Å². The Bertz CT molecular complexity index is 607. The van der Waals surface area contributed by atoms with Gasteiger partial charge in [-0.05, 0) is 40.9 Å². The summed E-state index contributed by atoms with van der Waals surface area (Å²) < 4.78 is 0.844. The molecule has 1 aliphatic heterocycles. The number of carbonyl (C=O) groups is 1. The number of fused-ring (bicyclic) bond motifs is 1. The van der Waals surface area contributed by atoms with E-state index in [9.17, 15) is 9.90 Å². The summed E-state index contributed by atoms with van der Waals surface area (Å²) in [5.41, 5.74) is 2.22. The molecule has 1 saturated carbocycles. The smallest absolute Gasteiger partial charge is 0.257 e. The van der Waals surface area contributed by atoms with Crippen LogP contribution in [-0.4, -0.2) is 23.6 Å². The van der Waals surface area contributed by atoms with Gasteiger partial charge in [0.05, 0.1) is 18.2 Å². The monoisotopic (exact) mass is 335 g/mol. The molecule has 0 aromatic heterocycles. The number of carbonyl (C=O) groups excluding carboxylic acids is 1. The van der Waals surface area contributed by atoms with Crippen molar-refractivity contribution in [3.8, 4) is 6.07 Å². The molecule has 1 fully saturated rings. The van der Waals surface area contributed by atoms with Gasteiger partial charge in [-0.2, -0.15) is 5.26 Å². The Balaban J connectivity index is 1.96. The maximum atomic E-state index is 11.5. The molecule has 1 aromatic carbocycles. The Morgan fingerprint density at radius 1 is 1.50 bits per heavy atom. The number of benzene rings is 1. The van der Waals surface area contributed by atoms with Gasteiger partial charge < -0.3 is 15.3 Å². The van der Waals surface area contributed by atoms with Gasteiger partial charge in [-0.1, -0.05) is 0 Å². The fourth-order valence-corrected chi connectivity index (χ4v) is 3.12. The maximum absolute atomic E-state index is 11.5. The molecule has 1 amide bonds. The van der Waals surface area contributed by atoms with E-state index in [-0.39, 0.29) is 5.91 Å². The normalized spacial score (nSPS) is 20.2. The highest BCUT2D eigenvalue weighted by Gasteiger charge is 2.33. The molecule has 6 heteroatoms. The largest absolute Gasteiger partial charge is 0.378 e. The van der Waals surface area contributed by atoms with Gasteiger partial charge in [0.2, 0.25) is 0 Å². The SMILES string of the molecule is N#CCCN(c1cc2c(cc1Br)C(O)C(=O)N2)C1CC1. The number of halogens is 1. The molecule has 0 radical (unpaired) electrons. The van der Waals surface area contributed by atoms with Crippen LogP contribution in [0.1, 0.15) is 30.9 Å². The average molecular weight is 336 g/mol. The minimum Gasteiger partial charge on any atom is -0.378 e. The van der Waals surface area contributed by atoms with Crippen LogP contribution in [0.4, 0.5) is 11.4 Å². The van der Waals surface area contributed by atoms with Gasteiger partial charge in [0.25, 0.3) is 5.91 Å². The summed E-state index contributed by atoms with van der Waals surface area (Å²) in [6.07, 6.45) is 1.63. The van der Waals surface area contributed by atoms with Gasteiger partial charge in [-0.25, -0.2) is 0 Å². The number of nitrogens with zero attached hydrogens (tertiary/aromatic N) is 2. The minimum absolute atomic E-state index is 0.390. The Kier molecular flexibility index (Phi) is 3.40. The zero-order valence-corrected chi connectivity index (χ0v) is 12.4. The number of hydrogen-bond donors (Lipinski definition) is 2. The van der Waals surface area contributed by atoms with E-state index in [1.165, 1.54) is 0 Å². The first-order valence-corrected chi connectivity index (χ1v) is 7.37. The molecule has 0 spiro atoms. The summed E-state index contributed by atoms with van der Waals surface area (Å²) >= 11 is 3.51. The number of nitriles is 1. The van der Waals surface area contributed by atoms with Gasteiger partial charge in [0.1, 0.15) is 0 Å². The van der Waals surface area contributed by atoms with E-state index in [1.54, 1.807) is 6.07 Å². The molecule has 1 aromatic rings. The third kappa shape index (κ3) is 2.28. The Hall–Kier alpha value is -1.58. The first-order valence-electron chi connectivity index (χ1n) is 6.58. The third-order valence-corrected chi connectivity index (χ3v) is 4.32. The van der Waals surface area contributed by atoms with E-state index in [0.29, 0.717) is 30.3 Å². The van der Waals surface area contributed by atoms with Crippen molar-refractivity contribution in [1.29, 1.82) is 5.26 Å². The molecule has 0 saturated heterocycles. The lowest BCUT2D eigenvalue weighted by atomic mass is 10.1. The van der Waals surface area contributed by atoms with Crippen LogP contribution in [0.3, 0.4) is 0 Å². The molecular weight excluding hydrogens is 322 g/mol. The van der Waals surface area contributed by atoms with Crippen LogP contribution >= 0.6 is 15.9 Å². The molecule has 5 nitrogen and oxygen atoms in total. The van der Waals surface area contributed by atoms with Gasteiger partial charge in [-0.3, -0.25) is 4.79 Å². The van der Waals surface area contributed by atoms with Crippen LogP contribution in [0.5, 0.6) is 0 Å². The molecule has 2 N–H and O–H groups in total. The lowest BCUT2D eigenvalue weighted by Gasteiger charge is -2.25. The number of amides is 1. The molecule has 3 rings (SSSR count). The number of aliphatic hydroxyl groups excluding tert-OH is 1. The summed E-state index contributed by atoms with van der Waals surface area (Å²) in [6.45, 7) is 0.676. The van der Waals surface area contributed by atoms with Crippen LogP contribution in [-0.2, 0) is 4.79 Å². The molecular formula is C14H14BrN3O2. The number of aliphatic hydroxyl groups is 1. The Labute approximate surface area is 125 Å². The Morgan fingerprint density at radius 2 is 2.25 bits per heavy atom. The van der Waals surface area contributed by atoms with Crippen LogP contribution in [0.15, 0.2) is 16.6 Å². The molecule has 1 heterocycles. The molecule has 1 atom stereocenters. The van der Waals surface area contributed by atoms with Gasteiger partial charge in [-0.15, -0.1) is 0 Å². The van der Waals surface area contributed by atoms with Crippen LogP contribution in [0.2, 0.25) is 0 Å². The summed E-state index contributed by atoms with van der Waals surface area (Å²) in [4.78, 5) is 13.7. The van der Waals surface area contributed by atoms with E-state index in [1.807, 2.05) is 6.07 Å². The number of nitrogens with one attached hydrogen (secondary N) is 1. The quantitative estimate of drug-likeness (QED) is 0.885. The first kappa shape index (κ1) is 13.4. The van der Waals surface area contributed by atoms with Crippen molar-refractivity contribution in [2.24, 2.45) is 0 Å². The summed E-state index contributed by atoms with van der Waals surface area (Å²) in [5.74, 6) is -0.390. The zero-order chi connectivity index (χ0) is 14.3. The van der Waals surface area contributed by atoms with Crippen molar-refractivity contribution >= 4 is 33.2 Å². The second-order valence-electron chi connectivity index (χ2n) is 5.12. The summed E-state index contributed by atoms with van der Waals surface area (Å²) in [7, 11) is 0. The lowest BCUT2D eigenvalue weighted by molar-refractivity contribution is -0.123. The average Bonchev–Trinajstić information content (AvgIpc) is 3.21. The second-order valence-corrected chi connectivity index (χ2v) is 5.97. The van der Waals surface area contributed by atoms with Crippen molar-refractivity contribution in [2.45, 2.75) is 31.4 Å². The van der Waals surface area contributed by atoms with Crippen molar-refractivity contribution < 1.29 is 9.90 Å². The first-order chi connectivity index (χ1) is 9.61. The highest BCUT2D eigenvalue weighted by atomic mass is 79.9. The van der Waals surface area contributed by atoms with E-state index < -0.39 is 6.10 Å². The Morgan fingerprint density at radius 3 is 2.90 bits per heavy atom. The predicted molar refractivity (Wildman–Crippen MR) is 78.3 cm³/mol. The van der Waals surface area contributed by atoms with Crippen LogP contribution in [0.25, 0.3) is 0 Å². The van der Waals surface area contributed by atoms with Gasteiger partial charge >= 0.3 is 0 Å². The van der Waals surface area contributed by atoms with Crippen LogP contribution < -0.4 is 10.2 Å². The van der Waals surface area contributed by atoms with Crippen molar-refractivity contribution in [2.75, 3.05) is 16.8 Å². The highest BCUT2D eigenvalue weighted by molar-refractivity contribution is 9.10. The van der Waals surface area contributed by atoms with E-state index in [4.69, 9.17) is 5.26 Å². The fourth-order valence-electron chi connectivity index (χ4n) is 2.53. The molecule has 20 heavy (non-hydrogen) atoms. The van der Waals surface area contributed by atoms with E-state index >= 15 is 0 Å². The third-order valence-electron chi connectivity index (χ3n) is 3.68. The maximum Gasteiger partial charge on any atom is 0.257 e. The number of hydrogen-bond acceptors (Lipinski definition) is 4. The van der Waals surface area contributed by atoms with Crippen LogP contribution in [0, 0.1) is 11.3 Å².